The number of carbonyl (C=O) groups is 3. The van der Waals surface area contributed by atoms with Gasteiger partial charge >= 0.3 is 17.9 Å². The molecule has 0 aliphatic rings. The van der Waals surface area contributed by atoms with E-state index in [1.807, 2.05) is 32.9 Å². The molecule has 0 saturated heterocycles. The van der Waals surface area contributed by atoms with Gasteiger partial charge in [0.05, 0.1) is 12.2 Å². The first kappa shape index (κ1) is 18.7. The highest BCUT2D eigenvalue weighted by Gasteiger charge is 2.17. The minimum Gasteiger partial charge on any atom is -0.481 e. The Labute approximate surface area is 135 Å². The number of carbonyl (C=O) groups excluding carboxylic acids is 2. The summed E-state index contributed by atoms with van der Waals surface area (Å²) in [6.07, 6.45) is 0.622. The number of esters is 2. The number of hydrogen-bond donors (Lipinski definition) is 1. The number of aliphatic carboxylic acids is 1. The van der Waals surface area contributed by atoms with Crippen molar-refractivity contribution in [2.45, 2.75) is 45.6 Å². The van der Waals surface area contributed by atoms with Crippen molar-refractivity contribution in [2.75, 3.05) is 6.61 Å². The fraction of sp³-hybridized carbons (Fsp3) is 0.471. The van der Waals surface area contributed by atoms with Gasteiger partial charge in [-0.1, -0.05) is 12.1 Å². The molecule has 0 bridgehead atoms. The maximum Gasteiger partial charge on any atom is 0.338 e. The topological polar surface area (TPSA) is 89.9 Å². The normalized spacial score (nSPS) is 10.9. The highest BCUT2D eigenvalue weighted by molar-refractivity contribution is 5.90. The van der Waals surface area contributed by atoms with Crippen molar-refractivity contribution in [1.82, 2.24) is 0 Å². The molecule has 0 atom stereocenters. The van der Waals surface area contributed by atoms with Gasteiger partial charge in [0.2, 0.25) is 0 Å². The molecule has 0 heterocycles. The van der Waals surface area contributed by atoms with Crippen LogP contribution in [0.3, 0.4) is 0 Å². The van der Waals surface area contributed by atoms with Crippen LogP contribution in [0.25, 0.3) is 0 Å². The smallest absolute Gasteiger partial charge is 0.338 e. The lowest BCUT2D eigenvalue weighted by molar-refractivity contribution is -0.151. The van der Waals surface area contributed by atoms with Crippen LogP contribution in [0.5, 0.6) is 0 Å². The number of aryl methyl sites for hydroxylation is 1. The van der Waals surface area contributed by atoms with Gasteiger partial charge in [-0.25, -0.2) is 4.79 Å². The van der Waals surface area contributed by atoms with Gasteiger partial charge in [0, 0.05) is 0 Å². The zero-order valence-corrected chi connectivity index (χ0v) is 13.6. The van der Waals surface area contributed by atoms with Crippen LogP contribution >= 0.6 is 0 Å². The Morgan fingerprint density at radius 1 is 1.09 bits per heavy atom. The lowest BCUT2D eigenvalue weighted by Gasteiger charge is -2.19. The fourth-order valence-electron chi connectivity index (χ4n) is 1.78. The molecule has 0 fully saturated rings. The molecule has 0 amide bonds. The lowest BCUT2D eigenvalue weighted by Crippen LogP contribution is -2.23. The SMILES string of the molecule is CC(C)(C)OC(=O)c1ccc(CCCOC(=O)CC(=O)O)cc1. The largest absolute Gasteiger partial charge is 0.481 e. The Morgan fingerprint density at radius 3 is 2.22 bits per heavy atom. The number of benzene rings is 1. The summed E-state index contributed by atoms with van der Waals surface area (Å²) >= 11 is 0. The van der Waals surface area contributed by atoms with E-state index in [9.17, 15) is 14.4 Å². The summed E-state index contributed by atoms with van der Waals surface area (Å²) in [4.78, 5) is 33.2. The van der Waals surface area contributed by atoms with E-state index in [0.717, 1.165) is 5.56 Å². The molecule has 0 unspecified atom stereocenters. The van der Waals surface area contributed by atoms with E-state index in [1.165, 1.54) is 0 Å². The van der Waals surface area contributed by atoms with E-state index in [-0.39, 0.29) is 12.6 Å². The average molecular weight is 322 g/mol. The minimum atomic E-state index is -1.20. The Morgan fingerprint density at radius 2 is 1.70 bits per heavy atom. The Hall–Kier alpha value is -2.37. The van der Waals surface area contributed by atoms with Gasteiger partial charge in [-0.15, -0.1) is 0 Å². The van der Waals surface area contributed by atoms with Gasteiger partial charge in [0.1, 0.15) is 12.0 Å². The van der Waals surface area contributed by atoms with Gasteiger partial charge in [-0.05, 0) is 51.3 Å². The van der Waals surface area contributed by atoms with Crippen LogP contribution < -0.4 is 0 Å². The second kappa shape index (κ2) is 8.31. The maximum absolute atomic E-state index is 11.9. The molecule has 0 spiro atoms. The van der Waals surface area contributed by atoms with Crippen LogP contribution in [0, 0.1) is 0 Å². The molecule has 0 radical (unpaired) electrons. The molecular weight excluding hydrogens is 300 g/mol. The molecule has 1 rings (SSSR count). The van der Waals surface area contributed by atoms with Crippen LogP contribution in [0.2, 0.25) is 0 Å². The molecule has 0 aliphatic carbocycles. The molecule has 126 valence electrons. The van der Waals surface area contributed by atoms with Crippen LogP contribution in [0.4, 0.5) is 0 Å². The molecule has 1 aromatic rings. The third-order valence-corrected chi connectivity index (χ3v) is 2.76. The molecule has 0 aromatic heterocycles. The Kier molecular flexibility index (Phi) is 6.75. The summed E-state index contributed by atoms with van der Waals surface area (Å²) in [6, 6.07) is 7.02. The van der Waals surface area contributed by atoms with Crippen LogP contribution in [0.1, 0.15) is 49.5 Å². The van der Waals surface area contributed by atoms with Crippen molar-refractivity contribution in [1.29, 1.82) is 0 Å². The predicted octanol–water partition coefficient (Wildman–Crippen LogP) is 2.59. The number of rotatable bonds is 7. The molecule has 23 heavy (non-hydrogen) atoms. The first-order valence-electron chi connectivity index (χ1n) is 7.37. The first-order chi connectivity index (χ1) is 10.7. The predicted molar refractivity (Wildman–Crippen MR) is 83.1 cm³/mol. The molecule has 1 N–H and O–H groups in total. The summed E-state index contributed by atoms with van der Waals surface area (Å²) in [6.45, 7) is 5.60. The van der Waals surface area contributed by atoms with E-state index >= 15 is 0 Å². The molecule has 6 heteroatoms. The zero-order chi connectivity index (χ0) is 17.5. The van der Waals surface area contributed by atoms with Crippen molar-refractivity contribution in [2.24, 2.45) is 0 Å². The van der Waals surface area contributed by atoms with Crippen molar-refractivity contribution in [3.05, 3.63) is 35.4 Å². The van der Waals surface area contributed by atoms with E-state index in [2.05, 4.69) is 0 Å². The van der Waals surface area contributed by atoms with Gasteiger partial charge in [0.15, 0.2) is 0 Å². The van der Waals surface area contributed by atoms with Gasteiger partial charge < -0.3 is 14.6 Å². The highest BCUT2D eigenvalue weighted by Crippen LogP contribution is 2.13. The van der Waals surface area contributed by atoms with Crippen molar-refractivity contribution in [3.63, 3.8) is 0 Å². The number of carboxylic acids is 1. The zero-order valence-electron chi connectivity index (χ0n) is 13.6. The monoisotopic (exact) mass is 322 g/mol. The number of ether oxygens (including phenoxy) is 2. The third-order valence-electron chi connectivity index (χ3n) is 2.76. The fourth-order valence-corrected chi connectivity index (χ4v) is 1.78. The standard InChI is InChI=1S/C17H22O6/c1-17(2,3)23-16(21)13-8-6-12(7-9-13)5-4-10-22-15(20)11-14(18)19/h6-9H,4-5,10-11H2,1-3H3,(H,18,19). The summed E-state index contributed by atoms with van der Waals surface area (Å²) in [5.41, 5.74) is 0.943. The average Bonchev–Trinajstić information content (AvgIpc) is 2.41. The van der Waals surface area contributed by atoms with Crippen LogP contribution in [-0.4, -0.2) is 35.2 Å². The van der Waals surface area contributed by atoms with Gasteiger partial charge in [-0.2, -0.15) is 0 Å². The number of carboxylic acid groups (broad SMARTS) is 1. The second-order valence-electron chi connectivity index (χ2n) is 6.09. The molecule has 0 saturated carbocycles. The number of hydrogen-bond acceptors (Lipinski definition) is 5. The van der Waals surface area contributed by atoms with Gasteiger partial charge in [0.25, 0.3) is 0 Å². The van der Waals surface area contributed by atoms with Crippen LogP contribution in [-0.2, 0) is 25.5 Å². The summed E-state index contributed by atoms with van der Waals surface area (Å²) in [7, 11) is 0. The summed E-state index contributed by atoms with van der Waals surface area (Å²) in [5.74, 6) is -2.31. The molecule has 0 aliphatic heterocycles. The van der Waals surface area contributed by atoms with Crippen molar-refractivity contribution >= 4 is 17.9 Å². The van der Waals surface area contributed by atoms with E-state index in [4.69, 9.17) is 14.6 Å². The van der Waals surface area contributed by atoms with E-state index in [0.29, 0.717) is 18.4 Å². The quantitative estimate of drug-likeness (QED) is 0.471. The van der Waals surface area contributed by atoms with E-state index in [1.54, 1.807) is 12.1 Å². The maximum atomic E-state index is 11.9. The third kappa shape index (κ3) is 7.99. The summed E-state index contributed by atoms with van der Waals surface area (Å²) < 4.78 is 10.1. The Balaban J connectivity index is 2.38. The van der Waals surface area contributed by atoms with Gasteiger partial charge in [-0.3, -0.25) is 9.59 Å². The second-order valence-corrected chi connectivity index (χ2v) is 6.09. The van der Waals surface area contributed by atoms with Crippen molar-refractivity contribution < 1.29 is 29.0 Å². The molecule has 1 aromatic carbocycles. The minimum absolute atomic E-state index is 0.167. The first-order valence-corrected chi connectivity index (χ1v) is 7.37. The summed E-state index contributed by atoms with van der Waals surface area (Å²) in [5, 5.41) is 8.42. The van der Waals surface area contributed by atoms with Crippen LogP contribution in [0.15, 0.2) is 24.3 Å². The highest BCUT2D eigenvalue weighted by atomic mass is 16.6. The Bertz CT molecular complexity index is 553. The van der Waals surface area contributed by atoms with E-state index < -0.39 is 24.0 Å². The molecular formula is C17H22O6. The molecule has 6 nitrogen and oxygen atoms in total. The lowest BCUT2D eigenvalue weighted by atomic mass is 10.1. The van der Waals surface area contributed by atoms with Crippen molar-refractivity contribution in [3.8, 4) is 0 Å².